The molecule has 0 radical (unpaired) electrons. The maximum atomic E-state index is 6.15. The molecule has 0 heterocycles. The van der Waals surface area contributed by atoms with Crippen molar-refractivity contribution in [1.82, 2.24) is 0 Å². The highest BCUT2D eigenvalue weighted by Crippen LogP contribution is 2.34. The van der Waals surface area contributed by atoms with Crippen LogP contribution in [0.15, 0.2) is 0 Å². The van der Waals surface area contributed by atoms with Crippen molar-refractivity contribution in [2.75, 3.05) is 13.2 Å². The molecule has 0 unspecified atom stereocenters. The van der Waals surface area contributed by atoms with E-state index < -0.39 is 0 Å². The number of hydrogen-bond donors (Lipinski definition) is 1. The Kier molecular flexibility index (Phi) is 4.04. The topological polar surface area (TPSA) is 35.2 Å². The molecule has 0 aromatic carbocycles. The van der Waals surface area contributed by atoms with Crippen molar-refractivity contribution >= 4 is 0 Å². The fraction of sp³-hybridized carbons (Fsp3) is 1.00. The van der Waals surface area contributed by atoms with Crippen molar-refractivity contribution in [2.24, 2.45) is 11.7 Å². The van der Waals surface area contributed by atoms with E-state index in [2.05, 4.69) is 0 Å². The molecule has 0 bridgehead atoms. The average Bonchev–Trinajstić information content (AvgIpc) is 2.77. The van der Waals surface area contributed by atoms with Crippen molar-refractivity contribution in [3.63, 3.8) is 0 Å². The van der Waals surface area contributed by atoms with E-state index in [1.54, 1.807) is 0 Å². The van der Waals surface area contributed by atoms with E-state index in [0.717, 1.165) is 19.1 Å². The molecule has 0 aromatic heterocycles. The van der Waals surface area contributed by atoms with Crippen LogP contribution >= 0.6 is 0 Å². The first-order valence-electron chi connectivity index (χ1n) is 6.69. The molecular formula is C13H25NO. The molecule has 0 aromatic rings. The quantitative estimate of drug-likeness (QED) is 0.776. The summed E-state index contributed by atoms with van der Waals surface area (Å²) in [6.45, 7) is 1.69. The summed E-state index contributed by atoms with van der Waals surface area (Å²) in [4.78, 5) is 0. The lowest BCUT2D eigenvalue weighted by Gasteiger charge is -2.31. The van der Waals surface area contributed by atoms with Crippen molar-refractivity contribution < 1.29 is 4.74 Å². The van der Waals surface area contributed by atoms with Gasteiger partial charge in [0.25, 0.3) is 0 Å². The Labute approximate surface area is 93.6 Å². The summed E-state index contributed by atoms with van der Waals surface area (Å²) in [5, 5.41) is 0. The lowest BCUT2D eigenvalue weighted by molar-refractivity contribution is -0.0544. The predicted molar refractivity (Wildman–Crippen MR) is 62.8 cm³/mol. The van der Waals surface area contributed by atoms with Crippen molar-refractivity contribution in [3.05, 3.63) is 0 Å². The third-order valence-electron chi connectivity index (χ3n) is 4.24. The van der Waals surface area contributed by atoms with Gasteiger partial charge in [0.05, 0.1) is 12.2 Å². The van der Waals surface area contributed by atoms with Crippen LogP contribution in [-0.4, -0.2) is 18.8 Å². The second-order valence-corrected chi connectivity index (χ2v) is 5.41. The molecule has 0 aliphatic heterocycles. The molecule has 0 saturated heterocycles. The third kappa shape index (κ3) is 2.94. The summed E-state index contributed by atoms with van der Waals surface area (Å²) in [5.41, 5.74) is 5.93. The largest absolute Gasteiger partial charge is 0.373 e. The maximum Gasteiger partial charge on any atom is 0.0804 e. The van der Waals surface area contributed by atoms with Crippen molar-refractivity contribution in [3.8, 4) is 0 Å². The van der Waals surface area contributed by atoms with Crippen LogP contribution < -0.4 is 5.73 Å². The second kappa shape index (κ2) is 5.31. The smallest absolute Gasteiger partial charge is 0.0804 e. The zero-order valence-electron chi connectivity index (χ0n) is 9.84. The Morgan fingerprint density at radius 1 is 1.00 bits per heavy atom. The van der Waals surface area contributed by atoms with Crippen LogP contribution in [-0.2, 0) is 4.74 Å². The average molecular weight is 211 g/mol. The van der Waals surface area contributed by atoms with Gasteiger partial charge < -0.3 is 10.5 Å². The number of hydrogen-bond acceptors (Lipinski definition) is 2. The highest BCUT2D eigenvalue weighted by molar-refractivity contribution is 4.87. The Morgan fingerprint density at radius 2 is 1.67 bits per heavy atom. The highest BCUT2D eigenvalue weighted by atomic mass is 16.5. The van der Waals surface area contributed by atoms with Gasteiger partial charge in [0.2, 0.25) is 0 Å². The number of rotatable bonds is 4. The van der Waals surface area contributed by atoms with Crippen LogP contribution in [0.3, 0.4) is 0 Å². The first-order chi connectivity index (χ1) is 7.35. The summed E-state index contributed by atoms with van der Waals surface area (Å²) in [6, 6.07) is 0. The van der Waals surface area contributed by atoms with E-state index in [9.17, 15) is 0 Å². The Balaban J connectivity index is 1.75. The summed E-state index contributed by atoms with van der Waals surface area (Å²) in [6.07, 6.45) is 12.0. The Bertz CT molecular complexity index is 181. The number of ether oxygens (including phenoxy) is 1. The Morgan fingerprint density at radius 3 is 2.27 bits per heavy atom. The first-order valence-corrected chi connectivity index (χ1v) is 6.69. The van der Waals surface area contributed by atoms with E-state index >= 15 is 0 Å². The van der Waals surface area contributed by atoms with Gasteiger partial charge in [-0.05, 0) is 31.6 Å². The monoisotopic (exact) mass is 211 g/mol. The molecule has 2 fully saturated rings. The van der Waals surface area contributed by atoms with Gasteiger partial charge in [0.1, 0.15) is 0 Å². The molecule has 0 amide bonds. The van der Waals surface area contributed by atoms with Crippen LogP contribution in [0.1, 0.15) is 57.8 Å². The van der Waals surface area contributed by atoms with Gasteiger partial charge in [-0.25, -0.2) is 0 Å². The zero-order chi connectivity index (χ0) is 10.6. The van der Waals surface area contributed by atoms with E-state index in [4.69, 9.17) is 10.5 Å². The van der Waals surface area contributed by atoms with Crippen molar-refractivity contribution in [1.29, 1.82) is 0 Å². The third-order valence-corrected chi connectivity index (χ3v) is 4.24. The van der Waals surface area contributed by atoms with E-state index in [1.807, 2.05) is 0 Å². The molecule has 2 aliphatic carbocycles. The summed E-state index contributed by atoms with van der Waals surface area (Å²) < 4.78 is 6.15. The van der Waals surface area contributed by atoms with Gasteiger partial charge in [-0.3, -0.25) is 0 Å². The van der Waals surface area contributed by atoms with Gasteiger partial charge >= 0.3 is 0 Å². The van der Waals surface area contributed by atoms with Crippen LogP contribution in [0.2, 0.25) is 0 Å². The molecule has 0 atom stereocenters. The molecule has 0 spiro atoms. The molecule has 2 heteroatoms. The lowest BCUT2D eigenvalue weighted by atomic mass is 9.89. The van der Waals surface area contributed by atoms with Crippen molar-refractivity contribution in [2.45, 2.75) is 63.4 Å². The second-order valence-electron chi connectivity index (χ2n) is 5.41. The van der Waals surface area contributed by atoms with Gasteiger partial charge in [-0.2, -0.15) is 0 Å². The molecular weight excluding hydrogens is 186 g/mol. The van der Waals surface area contributed by atoms with E-state index in [0.29, 0.717) is 0 Å². The van der Waals surface area contributed by atoms with Crippen LogP contribution in [0.25, 0.3) is 0 Å². The van der Waals surface area contributed by atoms with Crippen LogP contribution in [0, 0.1) is 5.92 Å². The minimum atomic E-state index is 0.0669. The van der Waals surface area contributed by atoms with Gasteiger partial charge in [-0.1, -0.05) is 32.1 Å². The van der Waals surface area contributed by atoms with Gasteiger partial charge in [0, 0.05) is 6.54 Å². The van der Waals surface area contributed by atoms with E-state index in [1.165, 1.54) is 57.8 Å². The SMILES string of the molecule is NCC1(OCC2CCCCC2)CCCC1. The standard InChI is InChI=1S/C13H25NO/c14-11-13(8-4-5-9-13)15-10-12-6-2-1-3-7-12/h12H,1-11,14H2. The normalized spacial score (nSPS) is 27.0. The molecule has 2 N–H and O–H groups in total. The predicted octanol–water partition coefficient (Wildman–Crippen LogP) is 2.85. The summed E-state index contributed by atoms with van der Waals surface area (Å²) in [7, 11) is 0. The molecule has 2 aliphatic rings. The fourth-order valence-electron chi connectivity index (χ4n) is 3.08. The molecule has 2 rings (SSSR count). The number of nitrogens with two attached hydrogens (primary N) is 1. The molecule has 2 nitrogen and oxygen atoms in total. The Hall–Kier alpha value is -0.0800. The minimum absolute atomic E-state index is 0.0669. The van der Waals surface area contributed by atoms with Gasteiger partial charge in [0.15, 0.2) is 0 Å². The minimum Gasteiger partial charge on any atom is -0.373 e. The first kappa shape index (κ1) is 11.4. The maximum absolute atomic E-state index is 6.15. The molecule has 88 valence electrons. The van der Waals surface area contributed by atoms with Crippen LogP contribution in [0.4, 0.5) is 0 Å². The van der Waals surface area contributed by atoms with Crippen LogP contribution in [0.5, 0.6) is 0 Å². The molecule has 15 heavy (non-hydrogen) atoms. The lowest BCUT2D eigenvalue weighted by Crippen LogP contribution is -2.39. The van der Waals surface area contributed by atoms with Gasteiger partial charge in [-0.15, -0.1) is 0 Å². The molecule has 2 saturated carbocycles. The summed E-state index contributed by atoms with van der Waals surface area (Å²) in [5.74, 6) is 0.822. The summed E-state index contributed by atoms with van der Waals surface area (Å²) >= 11 is 0. The zero-order valence-corrected chi connectivity index (χ0v) is 9.84. The van der Waals surface area contributed by atoms with E-state index in [-0.39, 0.29) is 5.60 Å². The highest BCUT2D eigenvalue weighted by Gasteiger charge is 2.34. The fourth-order valence-corrected chi connectivity index (χ4v) is 3.08.